The van der Waals surface area contributed by atoms with Gasteiger partial charge in [-0.05, 0) is 24.3 Å². The summed E-state index contributed by atoms with van der Waals surface area (Å²) in [4.78, 5) is 13.7. The van der Waals surface area contributed by atoms with Crippen LogP contribution in [0, 0.1) is 22.7 Å². The minimum absolute atomic E-state index is 0.100. The van der Waals surface area contributed by atoms with Crippen molar-refractivity contribution in [3.05, 3.63) is 88.2 Å². The third-order valence-electron chi connectivity index (χ3n) is 4.78. The number of aromatic nitrogens is 1. The van der Waals surface area contributed by atoms with Gasteiger partial charge in [-0.1, -0.05) is 42.5 Å². The predicted octanol–water partition coefficient (Wildman–Crippen LogP) is 5.18. The molecule has 5 aromatic rings. The van der Waals surface area contributed by atoms with E-state index in [0.29, 0.717) is 21.9 Å². The molecule has 0 spiro atoms. The Hall–Kier alpha value is -4.13. The number of para-hydroxylation sites is 1. The van der Waals surface area contributed by atoms with Crippen LogP contribution >= 0.6 is 11.3 Å². The summed E-state index contributed by atoms with van der Waals surface area (Å²) in [6, 6.07) is 24.6. The van der Waals surface area contributed by atoms with Crippen LogP contribution < -0.4 is 5.56 Å². The van der Waals surface area contributed by atoms with Crippen LogP contribution in [0.4, 0.5) is 0 Å². The Morgan fingerprint density at radius 3 is 2.28 bits per heavy atom. The van der Waals surface area contributed by atoms with Gasteiger partial charge in [-0.3, -0.25) is 9.20 Å². The Morgan fingerprint density at radius 2 is 1.52 bits per heavy atom. The normalized spacial score (nSPS) is 10.8. The molecule has 0 radical (unpaired) electrons. The van der Waals surface area contributed by atoms with Gasteiger partial charge >= 0.3 is 0 Å². The van der Waals surface area contributed by atoms with Crippen LogP contribution in [-0.4, -0.2) is 4.40 Å². The molecule has 0 aliphatic carbocycles. The molecule has 0 N–H and O–H groups in total. The molecule has 136 valence electrons. The van der Waals surface area contributed by atoms with E-state index in [1.807, 2.05) is 60.7 Å². The molecule has 0 fully saturated rings. The minimum Gasteiger partial charge on any atom is -0.456 e. The van der Waals surface area contributed by atoms with Gasteiger partial charge in [0.15, 0.2) is 0 Å². The number of hydrogen-bond acceptors (Lipinski definition) is 5. The Morgan fingerprint density at radius 1 is 0.828 bits per heavy atom. The topological polar surface area (TPSA) is 82.2 Å². The molecule has 0 unspecified atom stereocenters. The number of furan rings is 1. The molecule has 2 aromatic carbocycles. The molecular formula is C23H11N3O2S. The maximum Gasteiger partial charge on any atom is 0.275 e. The Bertz CT molecular complexity index is 1540. The highest BCUT2D eigenvalue weighted by atomic mass is 32.1. The van der Waals surface area contributed by atoms with E-state index in [0.717, 1.165) is 10.3 Å². The van der Waals surface area contributed by atoms with E-state index in [9.17, 15) is 15.3 Å². The van der Waals surface area contributed by atoms with Crippen molar-refractivity contribution in [2.45, 2.75) is 0 Å². The lowest BCUT2D eigenvalue weighted by Crippen LogP contribution is -2.18. The van der Waals surface area contributed by atoms with Crippen molar-refractivity contribution in [2.24, 2.45) is 0 Å². The number of thiazole rings is 1. The minimum atomic E-state index is -0.452. The summed E-state index contributed by atoms with van der Waals surface area (Å²) < 4.78 is 8.29. The third-order valence-corrected chi connectivity index (χ3v) is 5.93. The zero-order valence-electron chi connectivity index (χ0n) is 14.9. The summed E-state index contributed by atoms with van der Waals surface area (Å²) in [6.45, 7) is 0. The fourth-order valence-corrected chi connectivity index (χ4v) is 4.63. The second-order valence-corrected chi connectivity index (χ2v) is 7.42. The molecule has 3 aromatic heterocycles. The zero-order valence-corrected chi connectivity index (χ0v) is 15.7. The van der Waals surface area contributed by atoms with Gasteiger partial charge in [0.05, 0.1) is 21.3 Å². The van der Waals surface area contributed by atoms with Crippen LogP contribution in [0.25, 0.3) is 37.7 Å². The average Bonchev–Trinajstić information content (AvgIpc) is 3.39. The monoisotopic (exact) mass is 393 g/mol. The molecule has 0 atom stereocenters. The average molecular weight is 393 g/mol. The number of hydrogen-bond donors (Lipinski definition) is 0. The summed E-state index contributed by atoms with van der Waals surface area (Å²) in [5.74, 6) is 0.930. The van der Waals surface area contributed by atoms with E-state index in [-0.39, 0.29) is 16.7 Å². The van der Waals surface area contributed by atoms with E-state index in [2.05, 4.69) is 6.07 Å². The van der Waals surface area contributed by atoms with E-state index < -0.39 is 5.56 Å². The van der Waals surface area contributed by atoms with Gasteiger partial charge in [-0.15, -0.1) is 11.3 Å². The number of benzene rings is 2. The maximum atomic E-state index is 13.2. The molecule has 0 saturated carbocycles. The van der Waals surface area contributed by atoms with Crippen molar-refractivity contribution in [2.75, 3.05) is 0 Å². The largest absolute Gasteiger partial charge is 0.456 e. The standard InChI is InChI=1S/C23H11N3O2S/c24-12-15-21(19-11-10-18(28-19)14-6-2-1-3-7-14)16(13-25)23-26(22(15)27)17-8-4-5-9-20(17)29-23/h1-11H. The van der Waals surface area contributed by atoms with Crippen molar-refractivity contribution < 1.29 is 4.42 Å². The quantitative estimate of drug-likeness (QED) is 0.413. The van der Waals surface area contributed by atoms with E-state index in [1.54, 1.807) is 12.1 Å². The molecule has 3 heterocycles. The van der Waals surface area contributed by atoms with Gasteiger partial charge in [0.25, 0.3) is 5.56 Å². The van der Waals surface area contributed by atoms with Crippen LogP contribution in [-0.2, 0) is 0 Å². The highest BCUT2D eigenvalue weighted by molar-refractivity contribution is 7.24. The first-order chi connectivity index (χ1) is 14.2. The van der Waals surface area contributed by atoms with Crippen LogP contribution in [0.3, 0.4) is 0 Å². The zero-order chi connectivity index (χ0) is 20.0. The summed E-state index contributed by atoms with van der Waals surface area (Å²) in [7, 11) is 0. The van der Waals surface area contributed by atoms with Crippen molar-refractivity contribution in [3.63, 3.8) is 0 Å². The summed E-state index contributed by atoms with van der Waals surface area (Å²) >= 11 is 1.35. The number of pyridine rings is 1. The van der Waals surface area contributed by atoms with Gasteiger partial charge in [0.1, 0.15) is 34.1 Å². The first kappa shape index (κ1) is 17.0. The van der Waals surface area contributed by atoms with Crippen molar-refractivity contribution in [3.8, 4) is 34.8 Å². The maximum absolute atomic E-state index is 13.2. The molecule has 0 aliphatic rings. The Balaban J connectivity index is 1.87. The van der Waals surface area contributed by atoms with Gasteiger partial charge in [-0.25, -0.2) is 0 Å². The van der Waals surface area contributed by atoms with Crippen LogP contribution in [0.5, 0.6) is 0 Å². The highest BCUT2D eigenvalue weighted by Crippen LogP contribution is 2.36. The fourth-order valence-electron chi connectivity index (χ4n) is 3.49. The summed E-state index contributed by atoms with van der Waals surface area (Å²) in [5.41, 5.74) is 1.50. The lowest BCUT2D eigenvalue weighted by atomic mass is 10.0. The second-order valence-electron chi connectivity index (χ2n) is 6.39. The summed E-state index contributed by atoms with van der Waals surface area (Å²) in [6.07, 6.45) is 0. The third kappa shape index (κ3) is 2.48. The summed E-state index contributed by atoms with van der Waals surface area (Å²) in [5, 5.41) is 19.7. The van der Waals surface area contributed by atoms with Gasteiger partial charge in [-0.2, -0.15) is 10.5 Å². The molecule has 5 rings (SSSR count). The fraction of sp³-hybridized carbons (Fsp3) is 0. The molecule has 0 amide bonds. The second kappa shape index (κ2) is 6.49. The molecule has 5 nitrogen and oxygen atoms in total. The number of nitriles is 2. The first-order valence-electron chi connectivity index (χ1n) is 8.79. The smallest absolute Gasteiger partial charge is 0.275 e. The molecular weight excluding hydrogens is 382 g/mol. The number of nitrogens with zero attached hydrogens (tertiary/aromatic N) is 3. The van der Waals surface area contributed by atoms with Crippen molar-refractivity contribution in [1.29, 1.82) is 10.5 Å². The molecule has 0 saturated heterocycles. The molecule has 29 heavy (non-hydrogen) atoms. The van der Waals surface area contributed by atoms with E-state index in [1.165, 1.54) is 15.7 Å². The van der Waals surface area contributed by atoms with Crippen molar-refractivity contribution >= 4 is 26.4 Å². The van der Waals surface area contributed by atoms with E-state index in [4.69, 9.17) is 4.42 Å². The molecule has 6 heteroatoms. The first-order valence-corrected chi connectivity index (χ1v) is 9.60. The van der Waals surface area contributed by atoms with Crippen LogP contribution in [0.2, 0.25) is 0 Å². The van der Waals surface area contributed by atoms with Gasteiger partial charge < -0.3 is 4.42 Å². The van der Waals surface area contributed by atoms with Gasteiger partial charge in [0.2, 0.25) is 0 Å². The molecule has 0 aliphatic heterocycles. The van der Waals surface area contributed by atoms with Crippen LogP contribution in [0.1, 0.15) is 11.1 Å². The number of fused-ring (bicyclic) bond motifs is 3. The number of rotatable bonds is 2. The lowest BCUT2D eigenvalue weighted by Gasteiger charge is -2.06. The molecule has 0 bridgehead atoms. The van der Waals surface area contributed by atoms with E-state index >= 15 is 0 Å². The van der Waals surface area contributed by atoms with Gasteiger partial charge in [0, 0.05) is 5.56 Å². The predicted molar refractivity (Wildman–Crippen MR) is 112 cm³/mol. The highest BCUT2D eigenvalue weighted by Gasteiger charge is 2.24. The SMILES string of the molecule is N#Cc1c(-c2ccc(-c3ccccc3)o2)c(C#N)c2sc3ccccc3n2c1=O. The lowest BCUT2D eigenvalue weighted by molar-refractivity contribution is 0.597. The van der Waals surface area contributed by atoms with Crippen LogP contribution in [0.15, 0.2) is 75.9 Å². The Labute approximate surface area is 168 Å². The van der Waals surface area contributed by atoms with Crippen molar-refractivity contribution in [1.82, 2.24) is 4.40 Å². The Kier molecular flexibility index (Phi) is 3.80.